The molecule has 1 saturated heterocycles. The van der Waals surface area contributed by atoms with Crippen molar-refractivity contribution >= 4 is 37.6 Å². The van der Waals surface area contributed by atoms with Crippen LogP contribution in [0.3, 0.4) is 0 Å². The highest BCUT2D eigenvalue weighted by atomic mass is 79.9. The summed E-state index contributed by atoms with van der Waals surface area (Å²) in [5.74, 6) is 0. The summed E-state index contributed by atoms with van der Waals surface area (Å²) in [6.07, 6.45) is 3.28. The van der Waals surface area contributed by atoms with Crippen molar-refractivity contribution in [2.75, 3.05) is 13.1 Å². The predicted molar refractivity (Wildman–Crippen MR) is 64.9 cm³/mol. The third kappa shape index (κ3) is 2.25. The maximum Gasteiger partial charge on any atom is 0.246 e. The highest BCUT2D eigenvalue weighted by Crippen LogP contribution is 2.27. The van der Waals surface area contributed by atoms with Crippen LogP contribution in [0.15, 0.2) is 21.6 Å². The lowest BCUT2D eigenvalue weighted by Gasteiger charge is -2.15. The molecule has 0 unspecified atom stereocenters. The summed E-state index contributed by atoms with van der Waals surface area (Å²) in [7, 11) is -3.48. The van der Waals surface area contributed by atoms with Gasteiger partial charge >= 0.3 is 0 Å². The number of pyridine rings is 1. The normalized spacial score (nSPS) is 17.9. The van der Waals surface area contributed by atoms with Crippen LogP contribution in [0.25, 0.3) is 0 Å². The number of sulfonamides is 1. The van der Waals surface area contributed by atoms with E-state index in [2.05, 4.69) is 20.9 Å². The second-order valence-electron chi connectivity index (χ2n) is 3.55. The van der Waals surface area contributed by atoms with Crippen molar-refractivity contribution in [3.05, 3.63) is 21.9 Å². The van der Waals surface area contributed by atoms with Crippen molar-refractivity contribution in [1.29, 1.82) is 0 Å². The molecule has 7 heteroatoms. The average Bonchev–Trinajstić information content (AvgIpc) is 2.75. The average molecular weight is 326 g/mol. The largest absolute Gasteiger partial charge is 0.246 e. The Morgan fingerprint density at radius 2 is 2.00 bits per heavy atom. The quantitative estimate of drug-likeness (QED) is 0.784. The molecule has 1 aromatic heterocycles. The maximum absolute atomic E-state index is 12.2. The molecule has 0 spiro atoms. The van der Waals surface area contributed by atoms with E-state index in [9.17, 15) is 8.42 Å². The van der Waals surface area contributed by atoms with Gasteiger partial charge in [-0.1, -0.05) is 11.6 Å². The van der Waals surface area contributed by atoms with E-state index in [1.807, 2.05) is 0 Å². The molecule has 1 aliphatic rings. The minimum atomic E-state index is -3.48. The summed E-state index contributed by atoms with van der Waals surface area (Å²) in [4.78, 5) is 3.90. The predicted octanol–water partition coefficient (Wildman–Crippen LogP) is 2.28. The van der Waals surface area contributed by atoms with Crippen molar-refractivity contribution in [2.45, 2.75) is 17.7 Å². The van der Waals surface area contributed by atoms with E-state index in [1.54, 1.807) is 0 Å². The molecule has 2 rings (SSSR count). The van der Waals surface area contributed by atoms with Gasteiger partial charge in [0.1, 0.15) is 10.0 Å². The first-order valence-corrected chi connectivity index (χ1v) is 7.44. The van der Waals surface area contributed by atoms with E-state index in [0.29, 0.717) is 17.6 Å². The van der Waals surface area contributed by atoms with E-state index in [-0.39, 0.29) is 10.0 Å². The number of halogens is 2. The highest BCUT2D eigenvalue weighted by Gasteiger charge is 2.29. The van der Waals surface area contributed by atoms with Crippen LogP contribution in [0.2, 0.25) is 5.15 Å². The van der Waals surface area contributed by atoms with Gasteiger partial charge in [0.2, 0.25) is 10.0 Å². The first kappa shape index (κ1) is 12.3. The Labute approximate surface area is 108 Å². The molecule has 0 radical (unpaired) electrons. The zero-order valence-corrected chi connectivity index (χ0v) is 11.5. The SMILES string of the molecule is O=S(=O)(c1cc(Br)cnc1Cl)N1CCCC1. The van der Waals surface area contributed by atoms with Crippen LogP contribution >= 0.6 is 27.5 Å². The van der Waals surface area contributed by atoms with Gasteiger partial charge in [0.05, 0.1) is 0 Å². The fourth-order valence-electron chi connectivity index (χ4n) is 1.65. The molecule has 0 bridgehead atoms. The Kier molecular flexibility index (Phi) is 3.53. The molecule has 2 heterocycles. The molecule has 1 aliphatic heterocycles. The third-order valence-electron chi connectivity index (χ3n) is 2.46. The maximum atomic E-state index is 12.2. The van der Waals surface area contributed by atoms with Crippen LogP contribution in [0, 0.1) is 0 Å². The van der Waals surface area contributed by atoms with Gasteiger partial charge in [-0.25, -0.2) is 13.4 Å². The van der Waals surface area contributed by atoms with Crippen LogP contribution in [-0.2, 0) is 10.0 Å². The summed E-state index contributed by atoms with van der Waals surface area (Å²) in [6, 6.07) is 1.49. The van der Waals surface area contributed by atoms with Crippen LogP contribution < -0.4 is 0 Å². The molecule has 0 aliphatic carbocycles. The zero-order valence-electron chi connectivity index (χ0n) is 8.36. The summed E-state index contributed by atoms with van der Waals surface area (Å²) >= 11 is 9.01. The fraction of sp³-hybridized carbons (Fsp3) is 0.444. The number of rotatable bonds is 2. The summed E-state index contributed by atoms with van der Waals surface area (Å²) in [5.41, 5.74) is 0. The molecule has 16 heavy (non-hydrogen) atoms. The third-order valence-corrected chi connectivity index (χ3v) is 5.22. The minimum absolute atomic E-state index is 0.0232. The molecule has 0 atom stereocenters. The fourth-order valence-corrected chi connectivity index (χ4v) is 4.09. The lowest BCUT2D eigenvalue weighted by Crippen LogP contribution is -2.28. The first-order valence-electron chi connectivity index (χ1n) is 4.83. The minimum Gasteiger partial charge on any atom is -0.242 e. The Balaban J connectivity index is 2.46. The van der Waals surface area contributed by atoms with Crippen molar-refractivity contribution in [3.63, 3.8) is 0 Å². The van der Waals surface area contributed by atoms with Crippen LogP contribution in [0.5, 0.6) is 0 Å². The van der Waals surface area contributed by atoms with Gasteiger partial charge in [0, 0.05) is 23.8 Å². The summed E-state index contributed by atoms with van der Waals surface area (Å²) in [6.45, 7) is 1.12. The molecular formula is C9H10BrClN2O2S. The molecular weight excluding hydrogens is 316 g/mol. The summed E-state index contributed by atoms with van der Waals surface area (Å²) < 4.78 is 26.4. The van der Waals surface area contributed by atoms with Crippen LogP contribution in [-0.4, -0.2) is 30.8 Å². The molecule has 1 fully saturated rings. The molecule has 0 amide bonds. The van der Waals surface area contributed by atoms with Crippen molar-refractivity contribution in [3.8, 4) is 0 Å². The van der Waals surface area contributed by atoms with Gasteiger partial charge in [-0.3, -0.25) is 0 Å². The molecule has 0 saturated carbocycles. The smallest absolute Gasteiger partial charge is 0.242 e. The number of nitrogens with zero attached hydrogens (tertiary/aromatic N) is 2. The Morgan fingerprint density at radius 1 is 1.38 bits per heavy atom. The van der Waals surface area contributed by atoms with Crippen molar-refractivity contribution < 1.29 is 8.42 Å². The first-order chi connectivity index (χ1) is 7.51. The highest BCUT2D eigenvalue weighted by molar-refractivity contribution is 9.10. The number of hydrogen-bond donors (Lipinski definition) is 0. The number of aromatic nitrogens is 1. The van der Waals surface area contributed by atoms with Gasteiger partial charge in [-0.15, -0.1) is 0 Å². The van der Waals surface area contributed by atoms with Gasteiger partial charge in [0.15, 0.2) is 0 Å². The second kappa shape index (κ2) is 4.60. The number of hydrogen-bond acceptors (Lipinski definition) is 3. The van der Waals surface area contributed by atoms with E-state index >= 15 is 0 Å². The van der Waals surface area contributed by atoms with Gasteiger partial charge in [0.25, 0.3) is 0 Å². The van der Waals surface area contributed by atoms with E-state index < -0.39 is 10.0 Å². The molecule has 1 aromatic rings. The van der Waals surface area contributed by atoms with Gasteiger partial charge < -0.3 is 0 Å². The molecule has 4 nitrogen and oxygen atoms in total. The standard InChI is InChI=1S/C9H10BrClN2O2S/c10-7-5-8(9(11)12-6-7)16(14,15)13-3-1-2-4-13/h5-6H,1-4H2. The summed E-state index contributed by atoms with van der Waals surface area (Å²) in [5, 5.41) is 0.0232. The topological polar surface area (TPSA) is 50.3 Å². The van der Waals surface area contributed by atoms with E-state index in [4.69, 9.17) is 11.6 Å². The van der Waals surface area contributed by atoms with E-state index in [0.717, 1.165) is 12.8 Å². The van der Waals surface area contributed by atoms with E-state index in [1.165, 1.54) is 16.6 Å². The molecule has 0 N–H and O–H groups in total. The molecule has 0 aromatic carbocycles. The lowest BCUT2D eigenvalue weighted by atomic mass is 10.4. The Morgan fingerprint density at radius 3 is 2.62 bits per heavy atom. The van der Waals surface area contributed by atoms with Crippen molar-refractivity contribution in [2.24, 2.45) is 0 Å². The Hall–Kier alpha value is -0.170. The van der Waals surface area contributed by atoms with Crippen LogP contribution in [0.4, 0.5) is 0 Å². The van der Waals surface area contributed by atoms with Crippen molar-refractivity contribution in [1.82, 2.24) is 9.29 Å². The van der Waals surface area contributed by atoms with Crippen LogP contribution in [0.1, 0.15) is 12.8 Å². The Bertz CT molecular complexity index is 500. The van der Waals surface area contributed by atoms with Gasteiger partial charge in [-0.05, 0) is 34.8 Å². The lowest BCUT2D eigenvalue weighted by molar-refractivity contribution is 0.477. The zero-order chi connectivity index (χ0) is 11.8. The molecule has 88 valence electrons. The monoisotopic (exact) mass is 324 g/mol. The van der Waals surface area contributed by atoms with Gasteiger partial charge in [-0.2, -0.15) is 4.31 Å². The second-order valence-corrected chi connectivity index (χ2v) is 6.73.